The number of anilines is 1. The Balaban J connectivity index is 2.70. The van der Waals surface area contributed by atoms with Crippen molar-refractivity contribution < 1.29 is 4.39 Å². The van der Waals surface area contributed by atoms with Crippen molar-refractivity contribution in [2.24, 2.45) is 5.73 Å². The largest absolute Gasteiger partial charge is 0.372 e. The summed E-state index contributed by atoms with van der Waals surface area (Å²) in [5.41, 5.74) is 7.23. The van der Waals surface area contributed by atoms with Gasteiger partial charge in [0.2, 0.25) is 0 Å². The van der Waals surface area contributed by atoms with Gasteiger partial charge in [-0.25, -0.2) is 4.39 Å². The van der Waals surface area contributed by atoms with E-state index in [9.17, 15) is 4.39 Å². The highest BCUT2D eigenvalue weighted by molar-refractivity contribution is 5.48. The number of halogens is 1. The van der Waals surface area contributed by atoms with E-state index in [1.54, 1.807) is 0 Å². The minimum Gasteiger partial charge on any atom is -0.372 e. The van der Waals surface area contributed by atoms with E-state index in [0.29, 0.717) is 5.69 Å². The third-order valence-corrected chi connectivity index (χ3v) is 3.01. The second-order valence-corrected chi connectivity index (χ2v) is 4.63. The number of benzene rings is 1. The van der Waals surface area contributed by atoms with Crippen LogP contribution in [0.2, 0.25) is 0 Å². The van der Waals surface area contributed by atoms with E-state index in [4.69, 9.17) is 5.73 Å². The van der Waals surface area contributed by atoms with Gasteiger partial charge in [0, 0.05) is 19.6 Å². The maximum absolute atomic E-state index is 13.9. The molecule has 0 heterocycles. The molecule has 0 saturated carbocycles. The Hall–Kier alpha value is -1.09. The Morgan fingerprint density at radius 1 is 1.35 bits per heavy atom. The molecule has 0 amide bonds. The summed E-state index contributed by atoms with van der Waals surface area (Å²) in [5.74, 6) is -0.182. The molecule has 0 aliphatic heterocycles. The van der Waals surface area contributed by atoms with Crippen LogP contribution in [-0.2, 0) is 0 Å². The van der Waals surface area contributed by atoms with Crippen LogP contribution in [0.15, 0.2) is 18.2 Å². The minimum atomic E-state index is -0.182. The minimum absolute atomic E-state index is 0.121. The standard InChI is InChI=1S/C14H23FN2/c1-4-5-6-9-17(3)14-8-7-12(11(2)16)10-13(14)15/h7-8,10-11H,4-6,9,16H2,1-3H3/t11-/m0/s1. The Morgan fingerprint density at radius 2 is 2.06 bits per heavy atom. The van der Waals surface area contributed by atoms with Crippen molar-refractivity contribution >= 4 is 5.69 Å². The lowest BCUT2D eigenvalue weighted by Crippen LogP contribution is -2.20. The van der Waals surface area contributed by atoms with E-state index in [2.05, 4.69) is 6.92 Å². The summed E-state index contributed by atoms with van der Waals surface area (Å²) in [5, 5.41) is 0. The monoisotopic (exact) mass is 238 g/mol. The summed E-state index contributed by atoms with van der Waals surface area (Å²) >= 11 is 0. The molecule has 2 N–H and O–H groups in total. The normalized spacial score (nSPS) is 12.5. The average molecular weight is 238 g/mol. The summed E-state index contributed by atoms with van der Waals surface area (Å²) in [6.45, 7) is 4.92. The maximum Gasteiger partial charge on any atom is 0.146 e. The van der Waals surface area contributed by atoms with Crippen LogP contribution in [0.1, 0.15) is 44.7 Å². The smallest absolute Gasteiger partial charge is 0.146 e. The van der Waals surface area contributed by atoms with Crippen molar-refractivity contribution in [1.82, 2.24) is 0 Å². The Bertz CT molecular complexity index is 350. The van der Waals surface area contributed by atoms with Crippen molar-refractivity contribution in [3.8, 4) is 0 Å². The molecule has 0 aliphatic rings. The van der Waals surface area contributed by atoms with Gasteiger partial charge in [0.15, 0.2) is 0 Å². The average Bonchev–Trinajstić information content (AvgIpc) is 2.28. The number of nitrogens with two attached hydrogens (primary N) is 1. The molecule has 0 saturated heterocycles. The third kappa shape index (κ3) is 4.00. The Kier molecular flexibility index (Phi) is 5.42. The van der Waals surface area contributed by atoms with E-state index in [0.717, 1.165) is 18.5 Å². The first-order valence-electron chi connectivity index (χ1n) is 6.32. The predicted octanol–water partition coefficient (Wildman–Crippen LogP) is 3.47. The van der Waals surface area contributed by atoms with Gasteiger partial charge in [-0.3, -0.25) is 0 Å². The maximum atomic E-state index is 13.9. The molecule has 1 rings (SSSR count). The molecule has 0 unspecified atom stereocenters. The van der Waals surface area contributed by atoms with E-state index >= 15 is 0 Å². The molecule has 1 aromatic carbocycles. The van der Waals surface area contributed by atoms with Gasteiger partial charge in [-0.05, 0) is 31.0 Å². The molecule has 0 aliphatic carbocycles. The fourth-order valence-electron chi connectivity index (χ4n) is 1.84. The molecule has 0 fully saturated rings. The topological polar surface area (TPSA) is 29.3 Å². The fourth-order valence-corrected chi connectivity index (χ4v) is 1.84. The van der Waals surface area contributed by atoms with Crippen molar-refractivity contribution in [2.75, 3.05) is 18.5 Å². The van der Waals surface area contributed by atoms with Gasteiger partial charge in [-0.1, -0.05) is 25.8 Å². The van der Waals surface area contributed by atoms with E-state index in [-0.39, 0.29) is 11.9 Å². The summed E-state index contributed by atoms with van der Waals surface area (Å²) in [4.78, 5) is 1.97. The van der Waals surface area contributed by atoms with Crippen LogP contribution in [0.4, 0.5) is 10.1 Å². The molecular formula is C14H23FN2. The van der Waals surface area contributed by atoms with Crippen molar-refractivity contribution in [2.45, 2.75) is 39.2 Å². The molecule has 1 aromatic rings. The van der Waals surface area contributed by atoms with Gasteiger partial charge in [-0.2, -0.15) is 0 Å². The lowest BCUT2D eigenvalue weighted by molar-refractivity contribution is 0.612. The molecule has 0 bridgehead atoms. The first-order chi connectivity index (χ1) is 8.06. The van der Waals surface area contributed by atoms with E-state index in [1.807, 2.05) is 31.0 Å². The number of hydrogen-bond acceptors (Lipinski definition) is 2. The van der Waals surface area contributed by atoms with Gasteiger partial charge >= 0.3 is 0 Å². The molecule has 3 heteroatoms. The Labute approximate surface area is 104 Å². The number of rotatable bonds is 6. The van der Waals surface area contributed by atoms with Crippen LogP contribution in [-0.4, -0.2) is 13.6 Å². The predicted molar refractivity (Wildman–Crippen MR) is 71.8 cm³/mol. The second-order valence-electron chi connectivity index (χ2n) is 4.63. The van der Waals surface area contributed by atoms with Crippen LogP contribution in [0.5, 0.6) is 0 Å². The molecule has 0 aromatic heterocycles. The third-order valence-electron chi connectivity index (χ3n) is 3.01. The van der Waals surface area contributed by atoms with Crippen LogP contribution in [0.25, 0.3) is 0 Å². The Morgan fingerprint density at radius 3 is 2.59 bits per heavy atom. The molecule has 2 nitrogen and oxygen atoms in total. The van der Waals surface area contributed by atoms with Gasteiger partial charge in [0.05, 0.1) is 5.69 Å². The highest BCUT2D eigenvalue weighted by Gasteiger charge is 2.09. The number of unbranched alkanes of at least 4 members (excludes halogenated alkanes) is 2. The van der Waals surface area contributed by atoms with Crippen molar-refractivity contribution in [3.05, 3.63) is 29.6 Å². The van der Waals surface area contributed by atoms with Crippen molar-refractivity contribution in [1.29, 1.82) is 0 Å². The summed E-state index contributed by atoms with van der Waals surface area (Å²) in [6, 6.07) is 5.14. The van der Waals surface area contributed by atoms with Crippen LogP contribution in [0, 0.1) is 5.82 Å². The SMILES string of the molecule is CCCCCN(C)c1ccc([C@H](C)N)cc1F. The van der Waals surface area contributed by atoms with Gasteiger partial charge in [0.25, 0.3) is 0 Å². The highest BCUT2D eigenvalue weighted by Crippen LogP contribution is 2.22. The lowest BCUT2D eigenvalue weighted by atomic mass is 10.1. The molecular weight excluding hydrogens is 215 g/mol. The van der Waals surface area contributed by atoms with Crippen LogP contribution >= 0.6 is 0 Å². The first kappa shape index (κ1) is 14.0. The molecule has 17 heavy (non-hydrogen) atoms. The molecule has 1 atom stereocenters. The summed E-state index contributed by atoms with van der Waals surface area (Å²) < 4.78 is 13.9. The lowest BCUT2D eigenvalue weighted by Gasteiger charge is -2.20. The summed E-state index contributed by atoms with van der Waals surface area (Å²) in [7, 11) is 1.93. The van der Waals surface area contributed by atoms with E-state index < -0.39 is 0 Å². The quantitative estimate of drug-likeness (QED) is 0.769. The van der Waals surface area contributed by atoms with Gasteiger partial charge < -0.3 is 10.6 Å². The zero-order chi connectivity index (χ0) is 12.8. The van der Waals surface area contributed by atoms with Crippen molar-refractivity contribution in [3.63, 3.8) is 0 Å². The second kappa shape index (κ2) is 6.60. The summed E-state index contributed by atoms with van der Waals surface area (Å²) in [6.07, 6.45) is 3.46. The van der Waals surface area contributed by atoms with Crippen LogP contribution < -0.4 is 10.6 Å². The van der Waals surface area contributed by atoms with Crippen LogP contribution in [0.3, 0.4) is 0 Å². The molecule has 0 spiro atoms. The highest BCUT2D eigenvalue weighted by atomic mass is 19.1. The van der Waals surface area contributed by atoms with Gasteiger partial charge in [-0.15, -0.1) is 0 Å². The molecule has 96 valence electrons. The number of hydrogen-bond donors (Lipinski definition) is 1. The molecule has 0 radical (unpaired) electrons. The fraction of sp³-hybridized carbons (Fsp3) is 0.571. The van der Waals surface area contributed by atoms with E-state index in [1.165, 1.54) is 18.9 Å². The number of nitrogens with zero attached hydrogens (tertiary/aromatic N) is 1. The first-order valence-corrected chi connectivity index (χ1v) is 6.32. The zero-order valence-corrected chi connectivity index (χ0v) is 11.0. The zero-order valence-electron chi connectivity index (χ0n) is 11.0. The van der Waals surface area contributed by atoms with Gasteiger partial charge in [0.1, 0.15) is 5.82 Å².